The molecule has 0 atom stereocenters. The van der Waals surface area contributed by atoms with Crippen molar-refractivity contribution in [1.29, 1.82) is 0 Å². The van der Waals surface area contributed by atoms with Crippen molar-refractivity contribution in [2.75, 3.05) is 18.6 Å². The summed E-state index contributed by atoms with van der Waals surface area (Å²) in [4.78, 5) is 22.5. The standard InChI is InChI=1S/C18H18N4O3/c1-21-10-19-18(24)13-3-4-16(20-17(13)21)22-6-5-11-7-14(23)15(25-2)8-12(11)9-22/h3-4,7-8,10,23H,5-6,9H2,1-2H3. The minimum atomic E-state index is -0.267. The van der Waals surface area contributed by atoms with E-state index in [2.05, 4.69) is 14.9 Å². The number of hydrogen-bond acceptors (Lipinski definition) is 6. The molecule has 128 valence electrons. The molecule has 1 aliphatic rings. The first-order valence-corrected chi connectivity index (χ1v) is 8.03. The molecule has 7 heteroatoms. The zero-order valence-electron chi connectivity index (χ0n) is 14.1. The number of pyridine rings is 1. The molecule has 3 aromatic rings. The highest BCUT2D eigenvalue weighted by molar-refractivity contribution is 5.76. The van der Waals surface area contributed by atoms with Crippen molar-refractivity contribution >= 4 is 16.9 Å². The van der Waals surface area contributed by atoms with Crippen LogP contribution >= 0.6 is 0 Å². The molecule has 4 rings (SSSR count). The van der Waals surface area contributed by atoms with Crippen molar-refractivity contribution in [3.63, 3.8) is 0 Å². The van der Waals surface area contributed by atoms with Gasteiger partial charge in [-0.15, -0.1) is 0 Å². The molecule has 1 N–H and O–H groups in total. The number of fused-ring (bicyclic) bond motifs is 2. The summed E-state index contributed by atoms with van der Waals surface area (Å²) < 4.78 is 6.96. The fourth-order valence-corrected chi connectivity index (χ4v) is 3.25. The molecule has 0 radical (unpaired) electrons. The maximum atomic E-state index is 11.9. The molecule has 0 aliphatic carbocycles. The van der Waals surface area contributed by atoms with Gasteiger partial charge in [0, 0.05) is 20.1 Å². The number of phenols is 1. The van der Waals surface area contributed by atoms with Gasteiger partial charge in [-0.25, -0.2) is 4.98 Å². The number of rotatable bonds is 2. The number of aromatic hydroxyl groups is 1. The molecule has 1 aliphatic heterocycles. The van der Waals surface area contributed by atoms with Crippen molar-refractivity contribution in [3.05, 3.63) is 52.1 Å². The number of aromatic nitrogens is 3. The first kappa shape index (κ1) is 15.4. The summed E-state index contributed by atoms with van der Waals surface area (Å²) in [6, 6.07) is 7.28. The zero-order valence-corrected chi connectivity index (χ0v) is 14.1. The van der Waals surface area contributed by atoms with Crippen LogP contribution in [0.5, 0.6) is 11.5 Å². The molecular weight excluding hydrogens is 320 g/mol. The van der Waals surface area contributed by atoms with E-state index in [0.29, 0.717) is 23.3 Å². The predicted octanol–water partition coefficient (Wildman–Crippen LogP) is 1.61. The highest BCUT2D eigenvalue weighted by Gasteiger charge is 2.20. The van der Waals surface area contributed by atoms with Gasteiger partial charge >= 0.3 is 0 Å². The summed E-state index contributed by atoms with van der Waals surface area (Å²) in [6.07, 6.45) is 2.29. The van der Waals surface area contributed by atoms with E-state index in [1.54, 1.807) is 23.8 Å². The molecule has 25 heavy (non-hydrogen) atoms. The van der Waals surface area contributed by atoms with E-state index in [1.165, 1.54) is 6.33 Å². The number of hydrogen-bond donors (Lipinski definition) is 1. The topological polar surface area (TPSA) is 80.5 Å². The lowest BCUT2D eigenvalue weighted by molar-refractivity contribution is 0.372. The van der Waals surface area contributed by atoms with Crippen LogP contribution in [0.1, 0.15) is 11.1 Å². The first-order chi connectivity index (χ1) is 12.1. The highest BCUT2D eigenvalue weighted by Crippen LogP contribution is 2.33. The summed E-state index contributed by atoms with van der Waals surface area (Å²) in [5.74, 6) is 1.45. The first-order valence-electron chi connectivity index (χ1n) is 8.03. The number of phenolic OH excluding ortho intramolecular Hbond substituents is 1. The van der Waals surface area contributed by atoms with Crippen LogP contribution < -0.4 is 15.2 Å². The van der Waals surface area contributed by atoms with Gasteiger partial charge in [-0.2, -0.15) is 4.98 Å². The van der Waals surface area contributed by atoms with Gasteiger partial charge in [0.05, 0.1) is 12.5 Å². The van der Waals surface area contributed by atoms with Crippen molar-refractivity contribution in [1.82, 2.24) is 14.5 Å². The average Bonchev–Trinajstić information content (AvgIpc) is 2.63. The molecular formula is C18H18N4O3. The Kier molecular flexibility index (Phi) is 3.56. The van der Waals surface area contributed by atoms with Crippen LogP contribution in [-0.2, 0) is 20.0 Å². The zero-order chi connectivity index (χ0) is 17.6. The third-order valence-electron chi connectivity index (χ3n) is 4.61. The van der Waals surface area contributed by atoms with Crippen molar-refractivity contribution < 1.29 is 9.84 Å². The quantitative estimate of drug-likeness (QED) is 0.764. The molecule has 0 unspecified atom stereocenters. The van der Waals surface area contributed by atoms with E-state index in [4.69, 9.17) is 4.74 Å². The summed E-state index contributed by atoms with van der Waals surface area (Å²) >= 11 is 0. The van der Waals surface area contributed by atoms with E-state index in [-0.39, 0.29) is 11.3 Å². The van der Waals surface area contributed by atoms with Gasteiger partial charge in [0.2, 0.25) is 0 Å². The van der Waals surface area contributed by atoms with Crippen LogP contribution in [0.4, 0.5) is 5.82 Å². The Morgan fingerprint density at radius 2 is 2.08 bits per heavy atom. The van der Waals surface area contributed by atoms with Gasteiger partial charge in [-0.1, -0.05) is 0 Å². The van der Waals surface area contributed by atoms with Gasteiger partial charge in [0.1, 0.15) is 17.8 Å². The second-order valence-corrected chi connectivity index (χ2v) is 6.17. The lowest BCUT2D eigenvalue weighted by atomic mass is 9.99. The normalized spacial score (nSPS) is 13.8. The lowest BCUT2D eigenvalue weighted by Gasteiger charge is -2.30. The lowest BCUT2D eigenvalue weighted by Crippen LogP contribution is -2.31. The maximum Gasteiger partial charge on any atom is 0.282 e. The summed E-state index contributed by atoms with van der Waals surface area (Å²) in [6.45, 7) is 1.46. The molecule has 0 saturated heterocycles. The molecule has 0 amide bonds. The minimum Gasteiger partial charge on any atom is -0.504 e. The van der Waals surface area contributed by atoms with E-state index < -0.39 is 0 Å². The van der Waals surface area contributed by atoms with Crippen molar-refractivity contribution in [2.24, 2.45) is 7.05 Å². The van der Waals surface area contributed by atoms with E-state index >= 15 is 0 Å². The summed E-state index contributed by atoms with van der Waals surface area (Å²) in [7, 11) is 3.37. The molecule has 0 fully saturated rings. The largest absolute Gasteiger partial charge is 0.504 e. The van der Waals surface area contributed by atoms with E-state index in [9.17, 15) is 9.90 Å². The van der Waals surface area contributed by atoms with Crippen LogP contribution in [0.3, 0.4) is 0 Å². The van der Waals surface area contributed by atoms with Crippen LogP contribution in [0.2, 0.25) is 0 Å². The number of aryl methyl sites for hydroxylation is 1. The Labute approximate surface area is 144 Å². The number of methoxy groups -OCH3 is 1. The van der Waals surface area contributed by atoms with Gasteiger partial charge in [-0.05, 0) is 41.8 Å². The summed E-state index contributed by atoms with van der Waals surface area (Å²) in [5, 5.41) is 10.4. The Balaban J connectivity index is 1.73. The van der Waals surface area contributed by atoms with Crippen LogP contribution in [-0.4, -0.2) is 33.3 Å². The van der Waals surface area contributed by atoms with Gasteiger partial charge < -0.3 is 19.3 Å². The monoisotopic (exact) mass is 338 g/mol. The number of benzene rings is 1. The fourth-order valence-electron chi connectivity index (χ4n) is 3.25. The second kappa shape index (κ2) is 5.77. The SMILES string of the molecule is COc1cc2c(cc1O)CCN(c1ccc3c(=O)ncn(C)c3n1)C2. The third kappa shape index (κ3) is 2.57. The molecule has 3 heterocycles. The molecule has 0 spiro atoms. The Hall–Kier alpha value is -3.09. The van der Waals surface area contributed by atoms with Crippen LogP contribution in [0.25, 0.3) is 11.0 Å². The third-order valence-corrected chi connectivity index (χ3v) is 4.61. The predicted molar refractivity (Wildman–Crippen MR) is 94.2 cm³/mol. The molecule has 1 aromatic carbocycles. The number of nitrogens with zero attached hydrogens (tertiary/aromatic N) is 4. The minimum absolute atomic E-state index is 0.168. The number of ether oxygens (including phenoxy) is 1. The average molecular weight is 338 g/mol. The van der Waals surface area contributed by atoms with Crippen molar-refractivity contribution in [3.8, 4) is 11.5 Å². The van der Waals surface area contributed by atoms with Gasteiger partial charge in [0.25, 0.3) is 5.56 Å². The van der Waals surface area contributed by atoms with E-state index in [0.717, 1.165) is 29.9 Å². The summed E-state index contributed by atoms with van der Waals surface area (Å²) in [5.41, 5.74) is 2.57. The highest BCUT2D eigenvalue weighted by atomic mass is 16.5. The molecule has 0 bridgehead atoms. The van der Waals surface area contributed by atoms with Crippen LogP contribution in [0.15, 0.2) is 35.4 Å². The Morgan fingerprint density at radius 3 is 2.88 bits per heavy atom. The van der Waals surface area contributed by atoms with Gasteiger partial charge in [0.15, 0.2) is 11.5 Å². The molecule has 0 saturated carbocycles. The Bertz CT molecular complexity index is 1030. The fraction of sp³-hybridized carbons (Fsp3) is 0.278. The van der Waals surface area contributed by atoms with Crippen LogP contribution in [0, 0.1) is 0 Å². The smallest absolute Gasteiger partial charge is 0.282 e. The number of anilines is 1. The van der Waals surface area contributed by atoms with E-state index in [1.807, 2.05) is 19.2 Å². The maximum absolute atomic E-state index is 11.9. The Morgan fingerprint density at radius 1 is 1.24 bits per heavy atom. The molecule has 2 aromatic heterocycles. The van der Waals surface area contributed by atoms with Crippen molar-refractivity contribution in [2.45, 2.75) is 13.0 Å². The molecule has 7 nitrogen and oxygen atoms in total. The second-order valence-electron chi connectivity index (χ2n) is 6.17. The van der Waals surface area contributed by atoms with Gasteiger partial charge in [-0.3, -0.25) is 4.79 Å².